The molecule has 2 aromatic heterocycles. The Morgan fingerprint density at radius 3 is 2.79 bits per heavy atom. The number of nitrogens with zero attached hydrogens (tertiary/aromatic N) is 4. The molecule has 1 amide bonds. The lowest BCUT2D eigenvalue weighted by Crippen LogP contribution is -2.41. The van der Waals surface area contributed by atoms with Crippen molar-refractivity contribution in [1.82, 2.24) is 20.0 Å². The van der Waals surface area contributed by atoms with Crippen molar-refractivity contribution in [3.63, 3.8) is 0 Å². The van der Waals surface area contributed by atoms with Gasteiger partial charge in [-0.15, -0.1) is 0 Å². The fourth-order valence-electron chi connectivity index (χ4n) is 3.88. The predicted molar refractivity (Wildman–Crippen MR) is 105 cm³/mol. The highest BCUT2D eigenvalue weighted by atomic mass is 16.5. The van der Waals surface area contributed by atoms with Crippen LogP contribution in [0.25, 0.3) is 0 Å². The maximum absolute atomic E-state index is 12.6. The molecule has 2 fully saturated rings. The minimum atomic E-state index is 0.0707. The van der Waals surface area contributed by atoms with Gasteiger partial charge in [0.05, 0.1) is 12.7 Å². The molecule has 0 spiro atoms. The van der Waals surface area contributed by atoms with Crippen molar-refractivity contribution in [2.24, 2.45) is 0 Å². The number of rotatable bonds is 6. The lowest BCUT2D eigenvalue weighted by atomic mass is 10.0. The van der Waals surface area contributed by atoms with Gasteiger partial charge in [-0.05, 0) is 44.7 Å². The first-order chi connectivity index (χ1) is 14.2. The number of aromatic nitrogens is 3. The first-order valence-electron chi connectivity index (χ1n) is 10.4. The maximum Gasteiger partial charge on any atom is 0.253 e. The highest BCUT2D eigenvalue weighted by Crippen LogP contribution is 2.25. The Hall–Kier alpha value is -2.32. The van der Waals surface area contributed by atoms with Gasteiger partial charge in [0.2, 0.25) is 5.89 Å². The number of pyridine rings is 1. The van der Waals surface area contributed by atoms with E-state index in [0.29, 0.717) is 43.4 Å². The lowest BCUT2D eigenvalue weighted by molar-refractivity contribution is 0.00946. The summed E-state index contributed by atoms with van der Waals surface area (Å²) in [6.45, 7) is 5.39. The summed E-state index contributed by atoms with van der Waals surface area (Å²) in [6.07, 6.45) is 6.06. The monoisotopic (exact) mass is 400 g/mol. The maximum atomic E-state index is 12.6. The van der Waals surface area contributed by atoms with Crippen molar-refractivity contribution in [1.29, 1.82) is 0 Å². The summed E-state index contributed by atoms with van der Waals surface area (Å²) in [7, 11) is 0. The van der Waals surface area contributed by atoms with E-state index in [2.05, 4.69) is 15.1 Å². The summed E-state index contributed by atoms with van der Waals surface area (Å²) in [5.74, 6) is 1.81. The van der Waals surface area contributed by atoms with E-state index >= 15 is 0 Å². The second-order valence-corrected chi connectivity index (χ2v) is 7.73. The van der Waals surface area contributed by atoms with E-state index in [4.69, 9.17) is 14.0 Å². The van der Waals surface area contributed by atoms with Gasteiger partial charge in [0.1, 0.15) is 0 Å². The molecule has 156 valence electrons. The minimum absolute atomic E-state index is 0.0707. The highest BCUT2D eigenvalue weighted by Gasteiger charge is 2.25. The third-order valence-corrected chi connectivity index (χ3v) is 5.61. The Bertz CT molecular complexity index is 811. The van der Waals surface area contributed by atoms with Crippen LogP contribution in [0, 0.1) is 6.92 Å². The molecule has 0 N–H and O–H groups in total. The first kappa shape index (κ1) is 20.0. The quantitative estimate of drug-likeness (QED) is 0.736. The number of likely N-dealkylation sites (tertiary alicyclic amines) is 1. The molecule has 8 nitrogen and oxygen atoms in total. The topological polar surface area (TPSA) is 90.6 Å². The number of aryl methyl sites for hydroxylation is 1. The van der Waals surface area contributed by atoms with E-state index in [9.17, 15) is 4.79 Å². The van der Waals surface area contributed by atoms with Crippen LogP contribution < -0.4 is 0 Å². The molecule has 0 unspecified atom stereocenters. The summed E-state index contributed by atoms with van der Waals surface area (Å²) in [6, 6.07) is 3.61. The zero-order chi connectivity index (χ0) is 20.1. The second-order valence-electron chi connectivity index (χ2n) is 7.73. The third kappa shape index (κ3) is 5.19. The average molecular weight is 400 g/mol. The van der Waals surface area contributed by atoms with Gasteiger partial charge in [0, 0.05) is 56.1 Å². The van der Waals surface area contributed by atoms with Crippen LogP contribution in [0.1, 0.15) is 59.4 Å². The smallest absolute Gasteiger partial charge is 0.253 e. The van der Waals surface area contributed by atoms with Crippen molar-refractivity contribution in [2.45, 2.75) is 51.0 Å². The molecule has 0 atom stereocenters. The fourth-order valence-corrected chi connectivity index (χ4v) is 3.88. The molecule has 0 radical (unpaired) electrons. The Morgan fingerprint density at radius 1 is 1.24 bits per heavy atom. The summed E-state index contributed by atoms with van der Waals surface area (Å²) in [4.78, 5) is 23.2. The van der Waals surface area contributed by atoms with Crippen LogP contribution in [-0.2, 0) is 15.9 Å². The summed E-state index contributed by atoms with van der Waals surface area (Å²) in [5, 5.41) is 4.09. The molecule has 29 heavy (non-hydrogen) atoms. The summed E-state index contributed by atoms with van der Waals surface area (Å²) >= 11 is 0. The number of hydrogen-bond donors (Lipinski definition) is 0. The van der Waals surface area contributed by atoms with E-state index in [1.165, 1.54) is 0 Å². The number of hydrogen-bond acceptors (Lipinski definition) is 7. The Morgan fingerprint density at radius 2 is 2.03 bits per heavy atom. The number of piperidine rings is 1. The number of carbonyl (C=O) groups excluding carboxylic acids is 1. The Balaban J connectivity index is 1.19. The van der Waals surface area contributed by atoms with Crippen LogP contribution in [0.15, 0.2) is 22.9 Å². The fraction of sp³-hybridized carbons (Fsp3) is 0.619. The van der Waals surface area contributed by atoms with E-state index in [0.717, 1.165) is 50.5 Å². The van der Waals surface area contributed by atoms with Crippen LogP contribution in [0.3, 0.4) is 0 Å². The van der Waals surface area contributed by atoms with Crippen LogP contribution in [0.4, 0.5) is 0 Å². The van der Waals surface area contributed by atoms with Gasteiger partial charge in [-0.25, -0.2) is 0 Å². The van der Waals surface area contributed by atoms with Gasteiger partial charge in [0.15, 0.2) is 5.82 Å². The highest BCUT2D eigenvalue weighted by molar-refractivity contribution is 5.94. The van der Waals surface area contributed by atoms with Gasteiger partial charge in [-0.1, -0.05) is 5.16 Å². The molecule has 8 heteroatoms. The second kappa shape index (κ2) is 9.45. The third-order valence-electron chi connectivity index (χ3n) is 5.61. The number of carbonyl (C=O) groups is 1. The molecular formula is C21H28N4O4. The van der Waals surface area contributed by atoms with E-state index in [1.807, 2.05) is 17.9 Å². The molecule has 0 saturated carbocycles. The van der Waals surface area contributed by atoms with Crippen LogP contribution in [0.2, 0.25) is 0 Å². The zero-order valence-corrected chi connectivity index (χ0v) is 16.9. The molecule has 4 heterocycles. The van der Waals surface area contributed by atoms with Gasteiger partial charge >= 0.3 is 0 Å². The lowest BCUT2D eigenvalue weighted by Gasteiger charge is -2.32. The van der Waals surface area contributed by atoms with E-state index < -0.39 is 0 Å². The molecule has 2 saturated heterocycles. The van der Waals surface area contributed by atoms with Gasteiger partial charge in [0.25, 0.3) is 5.91 Å². The van der Waals surface area contributed by atoms with Crippen LogP contribution in [0.5, 0.6) is 0 Å². The van der Waals surface area contributed by atoms with Crippen molar-refractivity contribution in [3.8, 4) is 0 Å². The average Bonchev–Trinajstić information content (AvgIpc) is 3.23. The number of ether oxygens (including phenoxy) is 2. The predicted octanol–water partition coefficient (Wildman–Crippen LogP) is 2.53. The molecule has 2 aromatic rings. The molecule has 0 aliphatic carbocycles. The molecule has 2 aliphatic heterocycles. The Kier molecular flexibility index (Phi) is 6.51. The van der Waals surface area contributed by atoms with Gasteiger partial charge < -0.3 is 18.9 Å². The standard InChI is InChI=1S/C21H28N4O4/c1-15-14-17(2-8-22-15)21(26)25-9-3-18(4-10-25)28-13-7-19-23-20(29-24-19)16-5-11-27-12-6-16/h2,8,14,16,18H,3-7,9-13H2,1H3. The van der Waals surface area contributed by atoms with E-state index in [1.54, 1.807) is 12.3 Å². The van der Waals surface area contributed by atoms with Gasteiger partial charge in [-0.3, -0.25) is 9.78 Å². The van der Waals surface area contributed by atoms with Crippen molar-refractivity contribution in [3.05, 3.63) is 41.3 Å². The number of amides is 1. The summed E-state index contributed by atoms with van der Waals surface area (Å²) in [5.41, 5.74) is 1.56. The van der Waals surface area contributed by atoms with Crippen molar-refractivity contribution >= 4 is 5.91 Å². The van der Waals surface area contributed by atoms with Crippen LogP contribution >= 0.6 is 0 Å². The minimum Gasteiger partial charge on any atom is -0.381 e. The molecular weight excluding hydrogens is 372 g/mol. The van der Waals surface area contributed by atoms with Crippen molar-refractivity contribution in [2.75, 3.05) is 32.9 Å². The van der Waals surface area contributed by atoms with Crippen LogP contribution in [-0.4, -0.2) is 64.9 Å². The SMILES string of the molecule is Cc1cc(C(=O)N2CCC(OCCc3noc(C4CCOCC4)n3)CC2)ccn1. The molecule has 0 bridgehead atoms. The molecule has 2 aliphatic rings. The Labute approximate surface area is 170 Å². The largest absolute Gasteiger partial charge is 0.381 e. The molecule has 0 aromatic carbocycles. The van der Waals surface area contributed by atoms with Gasteiger partial charge in [-0.2, -0.15) is 4.98 Å². The zero-order valence-electron chi connectivity index (χ0n) is 16.9. The molecule has 4 rings (SSSR count). The summed E-state index contributed by atoms with van der Waals surface area (Å²) < 4.78 is 16.8. The normalized spacial score (nSPS) is 18.9. The van der Waals surface area contributed by atoms with E-state index in [-0.39, 0.29) is 12.0 Å². The first-order valence-corrected chi connectivity index (χ1v) is 10.4. The van der Waals surface area contributed by atoms with Crippen molar-refractivity contribution < 1.29 is 18.8 Å².